The zero-order valence-corrected chi connectivity index (χ0v) is 17.8. The number of nitrogens with zero attached hydrogens (tertiary/aromatic N) is 3. The molecule has 1 aliphatic heterocycles. The molecule has 2 aromatic carbocycles. The first kappa shape index (κ1) is 20.7. The summed E-state index contributed by atoms with van der Waals surface area (Å²) in [6, 6.07) is 12.7. The van der Waals surface area contributed by atoms with Gasteiger partial charge in [0, 0.05) is 24.7 Å². The van der Waals surface area contributed by atoms with Gasteiger partial charge in [-0.1, -0.05) is 17.3 Å². The molecule has 0 bridgehead atoms. The highest BCUT2D eigenvalue weighted by Crippen LogP contribution is 2.31. The number of hydrogen-bond donors (Lipinski definition) is 0. The minimum Gasteiger partial charge on any atom is -0.497 e. The highest BCUT2D eigenvalue weighted by Gasteiger charge is 2.30. The summed E-state index contributed by atoms with van der Waals surface area (Å²) in [5.74, 6) is 2.80. The number of benzene rings is 2. The van der Waals surface area contributed by atoms with Gasteiger partial charge in [-0.25, -0.2) is 0 Å². The summed E-state index contributed by atoms with van der Waals surface area (Å²) in [4.78, 5) is 19.6. The average Bonchev–Trinajstić information content (AvgIpc) is 3.34. The minimum absolute atomic E-state index is 0.0196. The number of rotatable bonds is 6. The van der Waals surface area contributed by atoms with Gasteiger partial charge in [-0.05, 0) is 37.1 Å². The number of carbonyl (C=O) groups is 1. The molecule has 4 rings (SSSR count). The number of aromatic nitrogens is 2. The maximum absolute atomic E-state index is 13.2. The summed E-state index contributed by atoms with van der Waals surface area (Å²) in [7, 11) is 4.74. The Kier molecular flexibility index (Phi) is 6.06. The number of ether oxygens (including phenoxy) is 3. The third-order valence-corrected chi connectivity index (χ3v) is 5.47. The zero-order valence-electron chi connectivity index (χ0n) is 17.8. The van der Waals surface area contributed by atoms with Crippen molar-refractivity contribution in [3.05, 3.63) is 53.9 Å². The molecule has 31 heavy (non-hydrogen) atoms. The summed E-state index contributed by atoms with van der Waals surface area (Å²) in [5.41, 5.74) is 1.33. The Labute approximate surface area is 180 Å². The smallest absolute Gasteiger partial charge is 0.257 e. The summed E-state index contributed by atoms with van der Waals surface area (Å²) in [5, 5.41) is 4.13. The van der Waals surface area contributed by atoms with Gasteiger partial charge in [-0.2, -0.15) is 4.98 Å². The molecule has 0 spiro atoms. The molecule has 2 heterocycles. The van der Waals surface area contributed by atoms with Crippen LogP contribution in [0.2, 0.25) is 0 Å². The highest BCUT2D eigenvalue weighted by atomic mass is 16.5. The first-order chi connectivity index (χ1) is 15.1. The van der Waals surface area contributed by atoms with Crippen molar-refractivity contribution in [1.29, 1.82) is 0 Å². The summed E-state index contributed by atoms with van der Waals surface area (Å²) in [6.45, 7) is 1.18. The van der Waals surface area contributed by atoms with E-state index in [1.54, 1.807) is 39.5 Å². The Morgan fingerprint density at radius 3 is 2.65 bits per heavy atom. The molecule has 8 heteroatoms. The third kappa shape index (κ3) is 4.33. The molecule has 0 unspecified atom stereocenters. The lowest BCUT2D eigenvalue weighted by molar-refractivity contribution is 0.0692. The average molecular weight is 423 g/mol. The molecule has 1 saturated heterocycles. The van der Waals surface area contributed by atoms with Crippen LogP contribution in [0.25, 0.3) is 11.4 Å². The number of likely N-dealkylation sites (tertiary alicyclic amines) is 1. The van der Waals surface area contributed by atoms with Gasteiger partial charge < -0.3 is 23.6 Å². The van der Waals surface area contributed by atoms with E-state index in [0.29, 0.717) is 41.9 Å². The predicted molar refractivity (Wildman–Crippen MR) is 114 cm³/mol. The van der Waals surface area contributed by atoms with Gasteiger partial charge in [0.2, 0.25) is 11.7 Å². The number of methoxy groups -OCH3 is 3. The highest BCUT2D eigenvalue weighted by molar-refractivity contribution is 5.97. The SMILES string of the molecule is COc1cccc(-c2noc([C@@H]3CCCN(C(=O)c4ccc(OC)cc4OC)C3)n2)c1. The summed E-state index contributed by atoms with van der Waals surface area (Å²) >= 11 is 0. The van der Waals surface area contributed by atoms with Crippen molar-refractivity contribution in [3.8, 4) is 28.6 Å². The lowest BCUT2D eigenvalue weighted by atomic mass is 9.97. The number of carbonyl (C=O) groups excluding carboxylic acids is 1. The molecule has 0 aliphatic carbocycles. The van der Waals surface area contributed by atoms with Crippen molar-refractivity contribution in [2.45, 2.75) is 18.8 Å². The second kappa shape index (κ2) is 9.07. The first-order valence-electron chi connectivity index (χ1n) is 10.1. The second-order valence-corrected chi connectivity index (χ2v) is 7.34. The molecular formula is C23H25N3O5. The van der Waals surface area contributed by atoms with E-state index in [0.717, 1.165) is 24.2 Å². The summed E-state index contributed by atoms with van der Waals surface area (Å²) in [6.07, 6.45) is 1.73. The van der Waals surface area contributed by atoms with Crippen LogP contribution in [-0.4, -0.2) is 55.4 Å². The van der Waals surface area contributed by atoms with E-state index in [9.17, 15) is 4.79 Å². The first-order valence-corrected chi connectivity index (χ1v) is 10.1. The molecule has 0 radical (unpaired) electrons. The van der Waals surface area contributed by atoms with E-state index >= 15 is 0 Å². The Balaban J connectivity index is 1.51. The fourth-order valence-electron chi connectivity index (χ4n) is 3.79. The molecule has 1 fully saturated rings. The largest absolute Gasteiger partial charge is 0.497 e. The van der Waals surface area contributed by atoms with Gasteiger partial charge in [0.15, 0.2) is 0 Å². The third-order valence-electron chi connectivity index (χ3n) is 5.47. The minimum atomic E-state index is -0.0864. The number of piperidine rings is 1. The fourth-order valence-corrected chi connectivity index (χ4v) is 3.79. The van der Waals surface area contributed by atoms with Gasteiger partial charge in [0.1, 0.15) is 17.2 Å². The molecular weight excluding hydrogens is 398 g/mol. The van der Waals surface area contributed by atoms with Gasteiger partial charge in [-0.3, -0.25) is 4.79 Å². The topological polar surface area (TPSA) is 86.9 Å². The Bertz CT molecular complexity index is 1060. The van der Waals surface area contributed by atoms with Crippen LogP contribution in [0.5, 0.6) is 17.2 Å². The second-order valence-electron chi connectivity index (χ2n) is 7.34. The van der Waals surface area contributed by atoms with Crippen LogP contribution in [0.4, 0.5) is 0 Å². The Morgan fingerprint density at radius 2 is 1.87 bits per heavy atom. The fraction of sp³-hybridized carbons (Fsp3) is 0.348. The van der Waals surface area contributed by atoms with Crippen LogP contribution in [0.3, 0.4) is 0 Å². The van der Waals surface area contributed by atoms with Gasteiger partial charge >= 0.3 is 0 Å². The molecule has 1 aromatic heterocycles. The standard InChI is InChI=1S/C23H25N3O5/c1-28-17-8-4-6-15(12-17)21-24-22(31-25-21)16-7-5-11-26(14-16)23(27)19-10-9-18(29-2)13-20(19)30-3/h4,6,8-10,12-13,16H,5,7,11,14H2,1-3H3/t16-/m1/s1. The molecule has 8 nitrogen and oxygen atoms in total. The van der Waals surface area contributed by atoms with Gasteiger partial charge in [0.25, 0.3) is 5.91 Å². The van der Waals surface area contributed by atoms with Crippen molar-refractivity contribution in [1.82, 2.24) is 15.0 Å². The van der Waals surface area contributed by atoms with Crippen molar-refractivity contribution >= 4 is 5.91 Å². The molecule has 1 amide bonds. The van der Waals surface area contributed by atoms with Crippen LogP contribution >= 0.6 is 0 Å². The maximum Gasteiger partial charge on any atom is 0.257 e. The van der Waals surface area contributed by atoms with Crippen molar-refractivity contribution < 1.29 is 23.5 Å². The van der Waals surface area contributed by atoms with Crippen LogP contribution < -0.4 is 14.2 Å². The monoisotopic (exact) mass is 423 g/mol. The molecule has 0 N–H and O–H groups in total. The lowest BCUT2D eigenvalue weighted by Gasteiger charge is -2.31. The van der Waals surface area contributed by atoms with E-state index < -0.39 is 0 Å². The Hall–Kier alpha value is -3.55. The molecule has 1 aliphatic rings. The van der Waals surface area contributed by atoms with Crippen LogP contribution in [-0.2, 0) is 0 Å². The van der Waals surface area contributed by atoms with Crippen molar-refractivity contribution in [2.75, 3.05) is 34.4 Å². The van der Waals surface area contributed by atoms with E-state index in [2.05, 4.69) is 10.1 Å². The van der Waals surface area contributed by atoms with E-state index in [1.807, 2.05) is 29.2 Å². The summed E-state index contributed by atoms with van der Waals surface area (Å²) < 4.78 is 21.5. The quantitative estimate of drug-likeness (QED) is 0.596. The lowest BCUT2D eigenvalue weighted by Crippen LogP contribution is -2.39. The maximum atomic E-state index is 13.2. The van der Waals surface area contributed by atoms with E-state index in [1.165, 1.54) is 0 Å². The normalized spacial score (nSPS) is 16.1. The Morgan fingerprint density at radius 1 is 1.06 bits per heavy atom. The van der Waals surface area contributed by atoms with Crippen LogP contribution in [0.1, 0.15) is 35.0 Å². The number of amides is 1. The van der Waals surface area contributed by atoms with E-state index in [-0.39, 0.29) is 11.8 Å². The predicted octanol–water partition coefficient (Wildman–Crippen LogP) is 3.78. The number of hydrogen-bond acceptors (Lipinski definition) is 7. The van der Waals surface area contributed by atoms with Crippen molar-refractivity contribution in [2.24, 2.45) is 0 Å². The zero-order chi connectivity index (χ0) is 21.8. The molecule has 3 aromatic rings. The van der Waals surface area contributed by atoms with E-state index in [4.69, 9.17) is 18.7 Å². The molecule has 1 atom stereocenters. The molecule has 0 saturated carbocycles. The van der Waals surface area contributed by atoms with Crippen LogP contribution in [0.15, 0.2) is 47.0 Å². The molecule has 162 valence electrons. The van der Waals surface area contributed by atoms with Crippen LogP contribution in [0, 0.1) is 0 Å². The van der Waals surface area contributed by atoms with Gasteiger partial charge in [-0.15, -0.1) is 0 Å². The van der Waals surface area contributed by atoms with Gasteiger partial charge in [0.05, 0.1) is 32.8 Å². The van der Waals surface area contributed by atoms with Crippen molar-refractivity contribution in [3.63, 3.8) is 0 Å².